The summed E-state index contributed by atoms with van der Waals surface area (Å²) in [6, 6.07) is 8.65. The molecule has 2 rings (SSSR count). The van der Waals surface area contributed by atoms with E-state index < -0.39 is 0 Å². The van der Waals surface area contributed by atoms with Crippen molar-refractivity contribution >= 4 is 0 Å². The summed E-state index contributed by atoms with van der Waals surface area (Å²) in [7, 11) is 0. The van der Waals surface area contributed by atoms with Gasteiger partial charge >= 0.3 is 0 Å². The van der Waals surface area contributed by atoms with Gasteiger partial charge in [0.1, 0.15) is 5.82 Å². The predicted molar refractivity (Wildman–Crippen MR) is 49.8 cm³/mol. The molecule has 3 nitrogen and oxygen atoms in total. The van der Waals surface area contributed by atoms with E-state index in [0.29, 0.717) is 0 Å². The Balaban J connectivity index is 2.48. The van der Waals surface area contributed by atoms with Gasteiger partial charge in [-0.3, -0.25) is 4.79 Å². The monoisotopic (exact) mass is 172 g/mol. The lowest BCUT2D eigenvalue weighted by Crippen LogP contribution is -2.02. The molecular weight excluding hydrogens is 164 g/mol. The van der Waals surface area contributed by atoms with E-state index in [1.165, 1.54) is 12.1 Å². The Morgan fingerprint density at radius 2 is 1.85 bits per heavy atom. The molecule has 0 spiro atoms. The molecule has 0 saturated carbocycles. The molecule has 0 unspecified atom stereocenters. The van der Waals surface area contributed by atoms with Crippen LogP contribution < -0.4 is 5.43 Å². The molecule has 0 aliphatic carbocycles. The maximum absolute atomic E-state index is 10.8. The maximum Gasteiger partial charge on any atom is 0.181 e. The molecule has 0 radical (unpaired) electrons. The van der Waals surface area contributed by atoms with Gasteiger partial charge in [-0.15, -0.1) is 0 Å². The SMILES string of the molecule is O=c1ccn(-c2ccccn2)cc1. The van der Waals surface area contributed by atoms with Crippen LogP contribution in [0, 0.1) is 0 Å². The van der Waals surface area contributed by atoms with Crippen LogP contribution in [0.2, 0.25) is 0 Å². The fourth-order valence-electron chi connectivity index (χ4n) is 1.07. The molecule has 13 heavy (non-hydrogen) atoms. The third-order valence-corrected chi connectivity index (χ3v) is 1.71. The Hall–Kier alpha value is -1.90. The van der Waals surface area contributed by atoms with Crippen LogP contribution in [0.3, 0.4) is 0 Å². The Bertz CT molecular complexity index is 427. The zero-order valence-corrected chi connectivity index (χ0v) is 6.92. The van der Waals surface area contributed by atoms with Crippen molar-refractivity contribution in [3.8, 4) is 5.82 Å². The summed E-state index contributed by atoms with van der Waals surface area (Å²) in [4.78, 5) is 15.0. The Morgan fingerprint density at radius 3 is 2.46 bits per heavy atom. The highest BCUT2D eigenvalue weighted by Crippen LogP contribution is 1.99. The lowest BCUT2D eigenvalue weighted by molar-refractivity contribution is 0.980. The highest BCUT2D eigenvalue weighted by atomic mass is 16.1. The maximum atomic E-state index is 10.8. The molecule has 64 valence electrons. The van der Waals surface area contributed by atoms with E-state index in [1.54, 1.807) is 23.2 Å². The van der Waals surface area contributed by atoms with E-state index in [2.05, 4.69) is 4.98 Å². The van der Waals surface area contributed by atoms with Gasteiger partial charge in [0.25, 0.3) is 0 Å². The molecule has 0 aromatic carbocycles. The molecule has 0 aliphatic heterocycles. The lowest BCUT2D eigenvalue weighted by Gasteiger charge is -2.02. The molecule has 0 aliphatic rings. The first-order chi connectivity index (χ1) is 6.36. The second kappa shape index (κ2) is 3.23. The average Bonchev–Trinajstić information content (AvgIpc) is 2.20. The molecule has 0 N–H and O–H groups in total. The normalized spacial score (nSPS) is 9.85. The predicted octanol–water partition coefficient (Wildman–Crippen LogP) is 1.23. The van der Waals surface area contributed by atoms with E-state index in [0.717, 1.165) is 5.82 Å². The fourth-order valence-corrected chi connectivity index (χ4v) is 1.07. The second-order valence-electron chi connectivity index (χ2n) is 2.63. The minimum absolute atomic E-state index is 0.00665. The molecule has 0 fully saturated rings. The first-order valence-electron chi connectivity index (χ1n) is 3.96. The van der Waals surface area contributed by atoms with Gasteiger partial charge in [0, 0.05) is 30.7 Å². The van der Waals surface area contributed by atoms with E-state index in [-0.39, 0.29) is 5.43 Å². The molecule has 0 atom stereocenters. The summed E-state index contributed by atoms with van der Waals surface area (Å²) < 4.78 is 1.79. The van der Waals surface area contributed by atoms with Gasteiger partial charge in [0.2, 0.25) is 0 Å². The largest absolute Gasteiger partial charge is 0.308 e. The molecule has 3 heteroatoms. The van der Waals surface area contributed by atoms with Crippen LogP contribution >= 0.6 is 0 Å². The smallest absolute Gasteiger partial charge is 0.181 e. The molecule has 2 aromatic heterocycles. The van der Waals surface area contributed by atoms with Crippen molar-refractivity contribution in [3.05, 3.63) is 59.1 Å². The highest BCUT2D eigenvalue weighted by molar-refractivity contribution is 5.21. The van der Waals surface area contributed by atoms with Gasteiger partial charge in [-0.05, 0) is 12.1 Å². The Labute approximate surface area is 75.3 Å². The molecule has 2 heterocycles. The average molecular weight is 172 g/mol. The van der Waals surface area contributed by atoms with Gasteiger partial charge in [0.15, 0.2) is 5.43 Å². The number of hydrogen-bond acceptors (Lipinski definition) is 2. The minimum Gasteiger partial charge on any atom is -0.308 e. The number of pyridine rings is 2. The fraction of sp³-hybridized carbons (Fsp3) is 0. The van der Waals surface area contributed by atoms with E-state index in [9.17, 15) is 4.79 Å². The molecule has 0 saturated heterocycles. The standard InChI is InChI=1S/C10H8N2O/c13-9-4-7-12(8-5-9)10-3-1-2-6-11-10/h1-8H. The minimum atomic E-state index is 0.00665. The van der Waals surface area contributed by atoms with Crippen LogP contribution in [0.1, 0.15) is 0 Å². The summed E-state index contributed by atoms with van der Waals surface area (Å²) in [5.41, 5.74) is 0.00665. The molecular formula is C10H8N2O. The highest BCUT2D eigenvalue weighted by Gasteiger charge is 1.92. The third kappa shape index (κ3) is 1.64. The van der Waals surface area contributed by atoms with Gasteiger partial charge in [-0.2, -0.15) is 0 Å². The molecule has 0 amide bonds. The summed E-state index contributed by atoms with van der Waals surface area (Å²) in [6.07, 6.45) is 5.11. The zero-order valence-electron chi connectivity index (χ0n) is 6.92. The summed E-state index contributed by atoms with van der Waals surface area (Å²) in [5, 5.41) is 0. The van der Waals surface area contributed by atoms with Gasteiger partial charge in [-0.25, -0.2) is 4.98 Å². The quantitative estimate of drug-likeness (QED) is 0.648. The van der Waals surface area contributed by atoms with Gasteiger partial charge in [-0.1, -0.05) is 6.07 Å². The first kappa shape index (κ1) is 7.73. The van der Waals surface area contributed by atoms with Crippen molar-refractivity contribution in [1.29, 1.82) is 0 Å². The van der Waals surface area contributed by atoms with E-state index in [1.807, 2.05) is 18.2 Å². The van der Waals surface area contributed by atoms with Crippen LogP contribution in [0.4, 0.5) is 0 Å². The van der Waals surface area contributed by atoms with Crippen molar-refractivity contribution in [1.82, 2.24) is 9.55 Å². The van der Waals surface area contributed by atoms with Crippen LogP contribution in [0.5, 0.6) is 0 Å². The lowest BCUT2D eigenvalue weighted by atomic mass is 10.4. The topological polar surface area (TPSA) is 34.9 Å². The van der Waals surface area contributed by atoms with Crippen LogP contribution in [0.15, 0.2) is 53.7 Å². The number of rotatable bonds is 1. The van der Waals surface area contributed by atoms with Crippen molar-refractivity contribution in [2.45, 2.75) is 0 Å². The number of nitrogens with zero attached hydrogens (tertiary/aromatic N) is 2. The van der Waals surface area contributed by atoms with Crippen molar-refractivity contribution in [3.63, 3.8) is 0 Å². The third-order valence-electron chi connectivity index (χ3n) is 1.71. The van der Waals surface area contributed by atoms with Crippen molar-refractivity contribution in [2.24, 2.45) is 0 Å². The Morgan fingerprint density at radius 1 is 1.08 bits per heavy atom. The van der Waals surface area contributed by atoms with E-state index >= 15 is 0 Å². The summed E-state index contributed by atoms with van der Waals surface area (Å²) in [5.74, 6) is 0.808. The van der Waals surface area contributed by atoms with Crippen LogP contribution in [-0.2, 0) is 0 Å². The molecule has 2 aromatic rings. The second-order valence-corrected chi connectivity index (χ2v) is 2.63. The Kier molecular flexibility index (Phi) is 1.92. The van der Waals surface area contributed by atoms with Crippen molar-refractivity contribution < 1.29 is 0 Å². The summed E-state index contributed by atoms with van der Waals surface area (Å²) >= 11 is 0. The summed E-state index contributed by atoms with van der Waals surface area (Å²) in [6.45, 7) is 0. The van der Waals surface area contributed by atoms with Crippen LogP contribution in [0.25, 0.3) is 5.82 Å². The van der Waals surface area contributed by atoms with E-state index in [4.69, 9.17) is 0 Å². The van der Waals surface area contributed by atoms with Gasteiger partial charge in [0.05, 0.1) is 0 Å². The van der Waals surface area contributed by atoms with Crippen LogP contribution in [-0.4, -0.2) is 9.55 Å². The number of aromatic nitrogens is 2. The first-order valence-corrected chi connectivity index (χ1v) is 3.96. The molecule has 0 bridgehead atoms. The van der Waals surface area contributed by atoms with Crippen molar-refractivity contribution in [2.75, 3.05) is 0 Å². The number of hydrogen-bond donors (Lipinski definition) is 0. The van der Waals surface area contributed by atoms with Gasteiger partial charge < -0.3 is 4.57 Å². The zero-order chi connectivity index (χ0) is 9.10.